The molecule has 2 aromatic carbocycles. The quantitative estimate of drug-likeness (QED) is 0.174. The van der Waals surface area contributed by atoms with Crippen molar-refractivity contribution >= 4 is 35.5 Å². The number of ether oxygens (including phenoxy) is 1. The highest BCUT2D eigenvalue weighted by molar-refractivity contribution is 6.12. The number of nitrogens with two attached hydrogens (primary N) is 2. The van der Waals surface area contributed by atoms with E-state index in [1.807, 2.05) is 18.2 Å². The molecule has 0 radical (unpaired) electrons. The summed E-state index contributed by atoms with van der Waals surface area (Å²) < 4.78 is 5.95. The zero-order chi connectivity index (χ0) is 31.3. The number of carbonyl (C=O) groups is 3. The maximum atomic E-state index is 13.7. The second-order valence-corrected chi connectivity index (χ2v) is 12.5. The van der Waals surface area contributed by atoms with Gasteiger partial charge in [-0.15, -0.1) is 0 Å². The molecule has 3 fully saturated rings. The molecule has 5 heterocycles. The number of urea groups is 1. The molecule has 15 nitrogen and oxygen atoms in total. The van der Waals surface area contributed by atoms with Crippen LogP contribution in [0, 0.1) is 0 Å². The summed E-state index contributed by atoms with van der Waals surface area (Å²) in [4.78, 5) is 52.9. The number of amides is 4. The van der Waals surface area contributed by atoms with Crippen LogP contribution in [0.25, 0.3) is 0 Å². The number of rotatable bonds is 5. The number of guanidine groups is 2. The van der Waals surface area contributed by atoms with Gasteiger partial charge < -0.3 is 42.0 Å². The van der Waals surface area contributed by atoms with Crippen molar-refractivity contribution in [3.63, 3.8) is 0 Å². The summed E-state index contributed by atoms with van der Waals surface area (Å²) in [6.45, 7) is -0.0330. The van der Waals surface area contributed by atoms with Crippen molar-refractivity contribution in [1.82, 2.24) is 20.4 Å². The Labute approximate surface area is 257 Å². The molecule has 2 aromatic rings. The maximum Gasteiger partial charge on any atom is 0.331 e. The number of fused-ring (bicyclic) bond motifs is 2. The lowest BCUT2D eigenvalue weighted by Crippen LogP contribution is -2.78. The minimum atomic E-state index is -2.68. The van der Waals surface area contributed by atoms with E-state index in [0.29, 0.717) is 23.6 Å². The summed E-state index contributed by atoms with van der Waals surface area (Å²) in [5.74, 6) is -3.35. The molecule has 8 rings (SSSR count). The molecule has 234 valence electrons. The molecule has 45 heavy (non-hydrogen) atoms. The number of aliphatic imine (C=N–C) groups is 2. The molecular weight excluding hydrogens is 582 g/mol. The Morgan fingerprint density at radius 1 is 1.07 bits per heavy atom. The SMILES string of the molecule is NC1=NC2[C@H](CN3C(=O)CN(c4ccccc4)C3=O)N=C(N)N3CC(NC(=O)c4cccc5c4OCCC54CC4)C(O)(O)C23N1. The summed E-state index contributed by atoms with van der Waals surface area (Å²) in [6.07, 6.45) is 2.98. The van der Waals surface area contributed by atoms with Gasteiger partial charge >= 0.3 is 6.03 Å². The van der Waals surface area contributed by atoms with Gasteiger partial charge in [-0.3, -0.25) is 19.4 Å². The van der Waals surface area contributed by atoms with Crippen molar-refractivity contribution in [3.8, 4) is 5.75 Å². The lowest BCUT2D eigenvalue weighted by Gasteiger charge is -2.49. The van der Waals surface area contributed by atoms with E-state index in [-0.39, 0.29) is 37.0 Å². The predicted octanol–water partition coefficient (Wildman–Crippen LogP) is -1.26. The first-order valence-corrected chi connectivity index (χ1v) is 15.0. The monoisotopic (exact) mass is 615 g/mol. The van der Waals surface area contributed by atoms with Gasteiger partial charge in [0, 0.05) is 23.2 Å². The Kier molecular flexibility index (Phi) is 5.72. The van der Waals surface area contributed by atoms with E-state index in [9.17, 15) is 24.6 Å². The number of para-hydroxylation sites is 2. The van der Waals surface area contributed by atoms with Gasteiger partial charge in [0.15, 0.2) is 17.6 Å². The molecule has 4 amide bonds. The molecule has 15 heteroatoms. The minimum absolute atomic E-state index is 0.0422. The van der Waals surface area contributed by atoms with Gasteiger partial charge in [0.2, 0.25) is 5.79 Å². The second kappa shape index (κ2) is 9.31. The minimum Gasteiger partial charge on any atom is -0.492 e. The standard InChI is InChI=1S/C30H33N9O6/c31-25-35-23-19(13-38-21(40)15-37(27(38)42)16-5-2-1-3-6-16)33-26(32)39-14-20(30(43,44)29(23,39)36-25)34-24(41)17-7-4-8-18-22(17)45-12-11-28(18)9-10-28/h1-8,19-20,23,43-44H,9-15H2,(H2,32,33)(H,34,41)(H3,31,35,36)/t19-,20?,23?,29?/m0/s1. The molecule has 6 aliphatic rings. The highest BCUT2D eigenvalue weighted by atomic mass is 16.5. The molecular formula is C30H33N9O6. The van der Waals surface area contributed by atoms with Gasteiger partial charge in [-0.1, -0.05) is 30.3 Å². The van der Waals surface area contributed by atoms with Crippen molar-refractivity contribution in [3.05, 3.63) is 59.7 Å². The number of aliphatic hydroxyl groups is 2. The Morgan fingerprint density at radius 3 is 2.60 bits per heavy atom. The van der Waals surface area contributed by atoms with E-state index in [1.165, 1.54) is 9.80 Å². The Balaban J connectivity index is 1.07. The highest BCUT2D eigenvalue weighted by Gasteiger charge is 2.73. The summed E-state index contributed by atoms with van der Waals surface area (Å²) in [5, 5.41) is 29.4. The molecule has 2 saturated heterocycles. The molecule has 4 atom stereocenters. The number of hydrogen-bond donors (Lipinski definition) is 6. The van der Waals surface area contributed by atoms with Crippen LogP contribution < -0.4 is 31.7 Å². The zero-order valence-electron chi connectivity index (χ0n) is 24.2. The first-order chi connectivity index (χ1) is 21.6. The average molecular weight is 616 g/mol. The van der Waals surface area contributed by atoms with Crippen LogP contribution in [0.5, 0.6) is 5.75 Å². The fourth-order valence-electron chi connectivity index (χ4n) is 7.63. The number of carbonyl (C=O) groups excluding carboxylic acids is 3. The molecule has 5 aliphatic heterocycles. The van der Waals surface area contributed by atoms with Crippen molar-refractivity contribution in [2.75, 3.05) is 31.1 Å². The van der Waals surface area contributed by atoms with E-state index in [0.717, 1.165) is 29.7 Å². The lowest BCUT2D eigenvalue weighted by atomic mass is 9.84. The Hall–Kier alpha value is -4.89. The number of imide groups is 1. The van der Waals surface area contributed by atoms with Gasteiger partial charge in [0.1, 0.15) is 24.4 Å². The van der Waals surface area contributed by atoms with Gasteiger partial charge in [0.25, 0.3) is 11.8 Å². The third-order valence-electron chi connectivity index (χ3n) is 10.1. The Morgan fingerprint density at radius 2 is 1.84 bits per heavy atom. The average Bonchev–Trinajstić information content (AvgIpc) is 3.53. The van der Waals surface area contributed by atoms with Crippen LogP contribution in [0.4, 0.5) is 10.5 Å². The van der Waals surface area contributed by atoms with Crippen molar-refractivity contribution in [2.45, 2.75) is 54.3 Å². The van der Waals surface area contributed by atoms with Crippen molar-refractivity contribution < 1.29 is 29.3 Å². The number of nitrogens with one attached hydrogen (secondary N) is 2. The van der Waals surface area contributed by atoms with Crippen LogP contribution in [0.15, 0.2) is 58.5 Å². The summed E-state index contributed by atoms with van der Waals surface area (Å²) in [6, 6.07) is 10.4. The maximum absolute atomic E-state index is 13.7. The third-order valence-corrected chi connectivity index (χ3v) is 10.1. The molecule has 1 aliphatic carbocycles. The molecule has 3 unspecified atom stereocenters. The van der Waals surface area contributed by atoms with Gasteiger partial charge in [0.05, 0.1) is 24.8 Å². The van der Waals surface area contributed by atoms with Crippen LogP contribution >= 0.6 is 0 Å². The number of hydrogen-bond acceptors (Lipinski definition) is 12. The van der Waals surface area contributed by atoms with Gasteiger partial charge in [-0.25, -0.2) is 14.8 Å². The predicted molar refractivity (Wildman–Crippen MR) is 160 cm³/mol. The van der Waals surface area contributed by atoms with E-state index >= 15 is 0 Å². The first-order valence-electron chi connectivity index (χ1n) is 15.0. The van der Waals surface area contributed by atoms with Gasteiger partial charge in [-0.05, 0) is 37.5 Å². The molecule has 0 bridgehead atoms. The summed E-state index contributed by atoms with van der Waals surface area (Å²) >= 11 is 0. The van der Waals surface area contributed by atoms with Crippen molar-refractivity contribution in [2.24, 2.45) is 21.5 Å². The summed E-state index contributed by atoms with van der Waals surface area (Å²) in [7, 11) is 0. The fraction of sp³-hybridized carbons (Fsp3) is 0.433. The normalized spacial score (nSPS) is 30.2. The fourth-order valence-corrected chi connectivity index (χ4v) is 7.63. The van der Waals surface area contributed by atoms with Crippen LogP contribution in [0.2, 0.25) is 0 Å². The van der Waals surface area contributed by atoms with Crippen LogP contribution in [-0.2, 0) is 10.2 Å². The second-order valence-electron chi connectivity index (χ2n) is 12.5. The van der Waals surface area contributed by atoms with Gasteiger partial charge in [-0.2, -0.15) is 0 Å². The molecule has 8 N–H and O–H groups in total. The Bertz CT molecular complexity index is 1690. The van der Waals surface area contributed by atoms with Crippen LogP contribution in [0.1, 0.15) is 35.2 Å². The summed E-state index contributed by atoms with van der Waals surface area (Å²) in [5.41, 5.74) is 12.6. The third kappa shape index (κ3) is 3.80. The van der Waals surface area contributed by atoms with E-state index in [2.05, 4.69) is 20.6 Å². The number of anilines is 1. The zero-order valence-corrected chi connectivity index (χ0v) is 24.2. The lowest BCUT2D eigenvalue weighted by molar-refractivity contribution is -0.230. The number of benzene rings is 2. The molecule has 0 aromatic heterocycles. The van der Waals surface area contributed by atoms with Crippen LogP contribution in [-0.4, -0.2) is 106 Å². The molecule has 2 spiro atoms. The number of nitrogens with zero attached hydrogens (tertiary/aromatic N) is 5. The largest absolute Gasteiger partial charge is 0.492 e. The van der Waals surface area contributed by atoms with E-state index in [4.69, 9.17) is 16.2 Å². The molecule has 1 saturated carbocycles. The van der Waals surface area contributed by atoms with Crippen molar-refractivity contribution in [1.29, 1.82) is 0 Å². The topological polar surface area (TPSA) is 211 Å². The van der Waals surface area contributed by atoms with E-state index < -0.39 is 47.4 Å². The highest BCUT2D eigenvalue weighted by Crippen LogP contribution is 2.56. The first kappa shape index (κ1) is 27.6. The smallest absolute Gasteiger partial charge is 0.331 e. The van der Waals surface area contributed by atoms with E-state index in [1.54, 1.807) is 30.3 Å². The van der Waals surface area contributed by atoms with Crippen LogP contribution in [0.3, 0.4) is 0 Å².